The van der Waals surface area contributed by atoms with Crippen molar-refractivity contribution in [2.75, 3.05) is 13.1 Å². The minimum absolute atomic E-state index is 0.00302. The highest BCUT2D eigenvalue weighted by molar-refractivity contribution is 5.94. The van der Waals surface area contributed by atoms with Gasteiger partial charge in [-0.25, -0.2) is 0 Å². The monoisotopic (exact) mass is 338 g/mol. The Hall–Kier alpha value is -2.20. The standard InChI is InChI=1S/C21H26N2O2/c1-21(2,3)18-6-4-16(5-7-18)20(25)23-13-17(19(24)14-23)12-15-8-10-22-11-9-15/h4-11,17,19,24H,12-14H2,1-3H3/t17-,19-/m1/s1. The molecule has 0 saturated carbocycles. The summed E-state index contributed by atoms with van der Waals surface area (Å²) in [4.78, 5) is 18.5. The molecule has 1 N–H and O–H groups in total. The van der Waals surface area contributed by atoms with E-state index in [-0.39, 0.29) is 17.2 Å². The first-order chi connectivity index (χ1) is 11.8. The van der Waals surface area contributed by atoms with Crippen LogP contribution in [0.4, 0.5) is 0 Å². The van der Waals surface area contributed by atoms with Crippen LogP contribution in [0.25, 0.3) is 0 Å². The number of β-amino-alcohol motifs (C(OH)–C–C–N with tert-alkyl or cyclic N) is 1. The molecule has 0 radical (unpaired) electrons. The number of aliphatic hydroxyl groups excluding tert-OH is 1. The first-order valence-corrected chi connectivity index (χ1v) is 8.81. The lowest BCUT2D eigenvalue weighted by Gasteiger charge is -2.20. The molecule has 25 heavy (non-hydrogen) atoms. The quantitative estimate of drug-likeness (QED) is 0.936. The number of pyridine rings is 1. The van der Waals surface area contributed by atoms with E-state index in [1.54, 1.807) is 17.3 Å². The van der Waals surface area contributed by atoms with E-state index in [2.05, 4.69) is 25.8 Å². The zero-order chi connectivity index (χ0) is 18.0. The molecule has 1 aromatic heterocycles. The lowest BCUT2D eigenvalue weighted by atomic mass is 9.86. The zero-order valence-corrected chi connectivity index (χ0v) is 15.1. The molecule has 1 amide bonds. The SMILES string of the molecule is CC(C)(C)c1ccc(C(=O)N2C[C@@H](Cc3ccncc3)[C@H](O)C2)cc1. The number of aliphatic hydroxyl groups is 1. The summed E-state index contributed by atoms with van der Waals surface area (Å²) in [6.45, 7) is 7.46. The first-order valence-electron chi connectivity index (χ1n) is 8.81. The molecule has 2 aromatic rings. The minimum atomic E-state index is -0.481. The normalized spacial score (nSPS) is 20.7. The summed E-state index contributed by atoms with van der Waals surface area (Å²) in [6.07, 6.45) is 3.80. The molecule has 1 saturated heterocycles. The van der Waals surface area contributed by atoms with Gasteiger partial charge in [-0.2, -0.15) is 0 Å². The molecule has 4 heteroatoms. The van der Waals surface area contributed by atoms with E-state index in [1.807, 2.05) is 36.4 Å². The van der Waals surface area contributed by atoms with Crippen molar-refractivity contribution in [1.29, 1.82) is 0 Å². The third-order valence-electron chi connectivity index (χ3n) is 4.94. The third kappa shape index (κ3) is 4.07. The second-order valence-corrected chi connectivity index (χ2v) is 7.92. The first kappa shape index (κ1) is 17.6. The summed E-state index contributed by atoms with van der Waals surface area (Å²) in [7, 11) is 0. The molecule has 0 bridgehead atoms. The Morgan fingerprint density at radius 1 is 1.12 bits per heavy atom. The fourth-order valence-corrected chi connectivity index (χ4v) is 3.34. The van der Waals surface area contributed by atoms with Gasteiger partial charge in [-0.15, -0.1) is 0 Å². The number of hydrogen-bond donors (Lipinski definition) is 1. The summed E-state index contributed by atoms with van der Waals surface area (Å²) in [5.41, 5.74) is 3.11. The topological polar surface area (TPSA) is 53.4 Å². The fourth-order valence-electron chi connectivity index (χ4n) is 3.34. The van der Waals surface area contributed by atoms with E-state index in [0.29, 0.717) is 18.7 Å². The minimum Gasteiger partial charge on any atom is -0.391 e. The number of hydrogen-bond acceptors (Lipinski definition) is 3. The molecule has 0 unspecified atom stereocenters. The number of rotatable bonds is 3. The van der Waals surface area contributed by atoms with Crippen molar-refractivity contribution < 1.29 is 9.90 Å². The third-order valence-corrected chi connectivity index (χ3v) is 4.94. The van der Waals surface area contributed by atoms with Crippen molar-refractivity contribution in [3.05, 3.63) is 65.5 Å². The van der Waals surface area contributed by atoms with Crippen LogP contribution in [0.1, 0.15) is 42.3 Å². The summed E-state index contributed by atoms with van der Waals surface area (Å²) in [5, 5.41) is 10.4. The Bertz CT molecular complexity index is 720. The van der Waals surface area contributed by atoms with Crippen LogP contribution >= 0.6 is 0 Å². The average Bonchev–Trinajstić information content (AvgIpc) is 2.95. The van der Waals surface area contributed by atoms with Crippen LogP contribution in [0.15, 0.2) is 48.8 Å². The van der Waals surface area contributed by atoms with Gasteiger partial charge >= 0.3 is 0 Å². The predicted octanol–water partition coefficient (Wildman–Crippen LogP) is 3.05. The van der Waals surface area contributed by atoms with Crippen LogP contribution < -0.4 is 0 Å². The van der Waals surface area contributed by atoms with Gasteiger partial charge in [0, 0.05) is 37.0 Å². The molecule has 2 heterocycles. The molecule has 2 atom stereocenters. The van der Waals surface area contributed by atoms with Crippen molar-refractivity contribution in [1.82, 2.24) is 9.88 Å². The van der Waals surface area contributed by atoms with E-state index < -0.39 is 6.10 Å². The van der Waals surface area contributed by atoms with Gasteiger partial charge < -0.3 is 10.0 Å². The highest BCUT2D eigenvalue weighted by atomic mass is 16.3. The highest BCUT2D eigenvalue weighted by Gasteiger charge is 2.34. The molecule has 1 aliphatic rings. The van der Waals surface area contributed by atoms with Gasteiger partial charge in [0.25, 0.3) is 5.91 Å². The molecular formula is C21H26N2O2. The van der Waals surface area contributed by atoms with Crippen LogP contribution in [0, 0.1) is 5.92 Å². The summed E-state index contributed by atoms with van der Waals surface area (Å²) < 4.78 is 0. The average molecular weight is 338 g/mol. The van der Waals surface area contributed by atoms with Crippen molar-refractivity contribution >= 4 is 5.91 Å². The smallest absolute Gasteiger partial charge is 0.253 e. The van der Waals surface area contributed by atoms with Crippen molar-refractivity contribution in [3.63, 3.8) is 0 Å². The van der Waals surface area contributed by atoms with Gasteiger partial charge in [0.05, 0.1) is 6.10 Å². The van der Waals surface area contributed by atoms with Crippen LogP contribution in [0.3, 0.4) is 0 Å². The van der Waals surface area contributed by atoms with Crippen molar-refractivity contribution in [2.24, 2.45) is 5.92 Å². The van der Waals surface area contributed by atoms with Gasteiger partial charge in [0.15, 0.2) is 0 Å². The lowest BCUT2D eigenvalue weighted by Crippen LogP contribution is -2.29. The lowest BCUT2D eigenvalue weighted by molar-refractivity contribution is 0.0764. The Kier molecular flexibility index (Phi) is 4.91. The van der Waals surface area contributed by atoms with Crippen LogP contribution in [-0.4, -0.2) is 40.1 Å². The van der Waals surface area contributed by atoms with E-state index in [0.717, 1.165) is 12.0 Å². The maximum Gasteiger partial charge on any atom is 0.253 e. The van der Waals surface area contributed by atoms with E-state index in [9.17, 15) is 9.90 Å². The van der Waals surface area contributed by atoms with Crippen molar-refractivity contribution in [3.8, 4) is 0 Å². The number of likely N-dealkylation sites (tertiary alicyclic amines) is 1. The summed E-state index contributed by atoms with van der Waals surface area (Å²) in [5.74, 6) is 0.0666. The zero-order valence-electron chi connectivity index (χ0n) is 15.1. The van der Waals surface area contributed by atoms with E-state index in [4.69, 9.17) is 0 Å². The Labute approximate surface area is 149 Å². The number of benzene rings is 1. The molecule has 0 spiro atoms. The molecule has 1 aromatic carbocycles. The predicted molar refractivity (Wildman–Crippen MR) is 98.5 cm³/mol. The highest BCUT2D eigenvalue weighted by Crippen LogP contribution is 2.25. The summed E-state index contributed by atoms with van der Waals surface area (Å²) >= 11 is 0. The summed E-state index contributed by atoms with van der Waals surface area (Å²) in [6, 6.07) is 11.8. The van der Waals surface area contributed by atoms with Gasteiger partial charge in [-0.3, -0.25) is 9.78 Å². The van der Waals surface area contributed by atoms with Gasteiger partial charge in [0.1, 0.15) is 0 Å². The van der Waals surface area contributed by atoms with E-state index in [1.165, 1.54) is 5.56 Å². The molecule has 132 valence electrons. The van der Waals surface area contributed by atoms with Crippen molar-refractivity contribution in [2.45, 2.75) is 38.7 Å². The Morgan fingerprint density at radius 3 is 2.36 bits per heavy atom. The molecule has 0 aliphatic carbocycles. The number of aromatic nitrogens is 1. The van der Waals surface area contributed by atoms with E-state index >= 15 is 0 Å². The molecule has 1 fully saturated rings. The Balaban J connectivity index is 1.67. The second-order valence-electron chi connectivity index (χ2n) is 7.92. The Morgan fingerprint density at radius 2 is 1.76 bits per heavy atom. The molecule has 1 aliphatic heterocycles. The fraction of sp³-hybridized carbons (Fsp3) is 0.429. The number of carbonyl (C=O) groups is 1. The van der Waals surface area contributed by atoms with Crippen LogP contribution in [0.5, 0.6) is 0 Å². The van der Waals surface area contributed by atoms with Gasteiger partial charge in [0.2, 0.25) is 0 Å². The maximum atomic E-state index is 12.8. The number of nitrogens with zero attached hydrogens (tertiary/aromatic N) is 2. The van der Waals surface area contributed by atoms with Gasteiger partial charge in [-0.05, 0) is 47.2 Å². The molecule has 4 nitrogen and oxygen atoms in total. The largest absolute Gasteiger partial charge is 0.391 e. The van der Waals surface area contributed by atoms with Crippen LogP contribution in [-0.2, 0) is 11.8 Å². The molecular weight excluding hydrogens is 312 g/mol. The number of amides is 1. The molecule has 3 rings (SSSR count). The van der Waals surface area contributed by atoms with Crippen LogP contribution in [0.2, 0.25) is 0 Å². The van der Waals surface area contributed by atoms with Gasteiger partial charge in [-0.1, -0.05) is 32.9 Å². The second kappa shape index (κ2) is 6.96. The maximum absolute atomic E-state index is 12.8. The number of carbonyl (C=O) groups excluding carboxylic acids is 1.